The lowest BCUT2D eigenvalue weighted by molar-refractivity contribution is -0.117. The largest absolute Gasteiger partial charge is 0.454 e. The molecule has 1 aliphatic heterocycles. The highest BCUT2D eigenvalue weighted by Gasteiger charge is 2.12. The van der Waals surface area contributed by atoms with Crippen molar-refractivity contribution in [2.45, 2.75) is 19.5 Å². The third-order valence-corrected chi connectivity index (χ3v) is 3.23. The SMILES string of the molecule is C[C@H](Cn1cccn1)NC(=O)/C=C\c1ccc2c(c1)OCO2. The number of benzene rings is 1. The van der Waals surface area contributed by atoms with E-state index in [1.807, 2.05) is 37.4 Å². The van der Waals surface area contributed by atoms with Gasteiger partial charge in [-0.25, -0.2) is 0 Å². The van der Waals surface area contributed by atoms with E-state index < -0.39 is 0 Å². The minimum Gasteiger partial charge on any atom is -0.454 e. The molecular formula is C16H17N3O3. The smallest absolute Gasteiger partial charge is 0.244 e. The van der Waals surface area contributed by atoms with E-state index in [4.69, 9.17) is 9.47 Å². The fourth-order valence-corrected chi connectivity index (χ4v) is 2.21. The summed E-state index contributed by atoms with van der Waals surface area (Å²) in [5.74, 6) is 1.29. The summed E-state index contributed by atoms with van der Waals surface area (Å²) in [6.07, 6.45) is 6.84. The molecule has 0 saturated heterocycles. The average Bonchev–Trinajstić information content (AvgIpc) is 3.15. The lowest BCUT2D eigenvalue weighted by atomic mass is 10.2. The van der Waals surface area contributed by atoms with Crippen LogP contribution in [0.5, 0.6) is 11.5 Å². The van der Waals surface area contributed by atoms with Gasteiger partial charge in [0, 0.05) is 24.5 Å². The van der Waals surface area contributed by atoms with Crippen LogP contribution in [0.15, 0.2) is 42.7 Å². The molecule has 2 aromatic rings. The fraction of sp³-hybridized carbons (Fsp3) is 0.250. The van der Waals surface area contributed by atoms with Gasteiger partial charge in [0.05, 0.1) is 6.54 Å². The number of hydrogen-bond donors (Lipinski definition) is 1. The number of hydrogen-bond acceptors (Lipinski definition) is 4. The standard InChI is InChI=1S/C16H17N3O3/c1-12(10-19-8-2-7-17-19)18-16(20)6-4-13-3-5-14-15(9-13)22-11-21-14/h2-9,12H,10-11H2,1H3,(H,18,20)/b6-4-/t12-/m1/s1. The molecule has 22 heavy (non-hydrogen) atoms. The average molecular weight is 299 g/mol. The number of amides is 1. The van der Waals surface area contributed by atoms with Crippen molar-refractivity contribution in [2.24, 2.45) is 0 Å². The highest BCUT2D eigenvalue weighted by Crippen LogP contribution is 2.32. The van der Waals surface area contributed by atoms with Crippen LogP contribution in [0.25, 0.3) is 6.08 Å². The highest BCUT2D eigenvalue weighted by atomic mass is 16.7. The van der Waals surface area contributed by atoms with Crippen LogP contribution in [-0.4, -0.2) is 28.5 Å². The number of nitrogens with zero attached hydrogens (tertiary/aromatic N) is 2. The molecule has 6 heteroatoms. The van der Waals surface area contributed by atoms with E-state index in [2.05, 4.69) is 10.4 Å². The van der Waals surface area contributed by atoms with Gasteiger partial charge in [-0.15, -0.1) is 0 Å². The Bertz CT molecular complexity index is 680. The van der Waals surface area contributed by atoms with Crippen molar-refractivity contribution in [2.75, 3.05) is 6.79 Å². The van der Waals surface area contributed by atoms with Gasteiger partial charge in [-0.3, -0.25) is 9.48 Å². The summed E-state index contributed by atoms with van der Waals surface area (Å²) >= 11 is 0. The predicted octanol–water partition coefficient (Wildman–Crippen LogP) is 1.83. The van der Waals surface area contributed by atoms with E-state index in [-0.39, 0.29) is 18.7 Å². The Balaban J connectivity index is 1.54. The number of rotatable bonds is 5. The van der Waals surface area contributed by atoms with E-state index in [9.17, 15) is 4.79 Å². The molecule has 0 bridgehead atoms. The minimum atomic E-state index is -0.141. The van der Waals surface area contributed by atoms with Crippen LogP contribution in [-0.2, 0) is 11.3 Å². The lowest BCUT2D eigenvalue weighted by Gasteiger charge is -2.12. The first-order valence-corrected chi connectivity index (χ1v) is 7.06. The van der Waals surface area contributed by atoms with Crippen molar-refractivity contribution < 1.29 is 14.3 Å². The van der Waals surface area contributed by atoms with Gasteiger partial charge >= 0.3 is 0 Å². The summed E-state index contributed by atoms with van der Waals surface area (Å²) in [5, 5.41) is 7.01. The Morgan fingerprint density at radius 1 is 1.45 bits per heavy atom. The van der Waals surface area contributed by atoms with E-state index in [1.165, 1.54) is 6.08 Å². The van der Waals surface area contributed by atoms with Crippen LogP contribution >= 0.6 is 0 Å². The number of aromatic nitrogens is 2. The van der Waals surface area contributed by atoms with Crippen molar-refractivity contribution in [3.8, 4) is 11.5 Å². The first kappa shape index (κ1) is 14.2. The van der Waals surface area contributed by atoms with Gasteiger partial charge in [-0.1, -0.05) is 6.07 Å². The molecule has 0 fully saturated rings. The Labute approximate surface area is 128 Å². The van der Waals surface area contributed by atoms with Crippen molar-refractivity contribution >= 4 is 12.0 Å². The van der Waals surface area contributed by atoms with Gasteiger partial charge in [-0.05, 0) is 36.8 Å². The molecule has 0 saturated carbocycles. The summed E-state index contributed by atoms with van der Waals surface area (Å²) < 4.78 is 12.3. The predicted molar refractivity (Wildman–Crippen MR) is 81.4 cm³/mol. The molecule has 1 aromatic carbocycles. The second kappa shape index (κ2) is 6.34. The van der Waals surface area contributed by atoms with Gasteiger partial charge in [0.25, 0.3) is 0 Å². The molecule has 1 atom stereocenters. The Morgan fingerprint density at radius 2 is 2.32 bits per heavy atom. The van der Waals surface area contributed by atoms with Crippen LogP contribution < -0.4 is 14.8 Å². The summed E-state index contributed by atoms with van der Waals surface area (Å²) in [4.78, 5) is 11.9. The molecule has 0 unspecified atom stereocenters. The molecule has 1 aromatic heterocycles. The second-order valence-corrected chi connectivity index (χ2v) is 5.08. The van der Waals surface area contributed by atoms with Gasteiger partial charge in [0.15, 0.2) is 11.5 Å². The summed E-state index contributed by atoms with van der Waals surface area (Å²) in [6, 6.07) is 7.41. The maximum atomic E-state index is 11.9. The normalized spacial score (nSPS) is 14.2. The van der Waals surface area contributed by atoms with Gasteiger partial charge in [-0.2, -0.15) is 5.10 Å². The van der Waals surface area contributed by atoms with Crippen LogP contribution in [0.3, 0.4) is 0 Å². The molecule has 114 valence electrons. The molecular weight excluding hydrogens is 282 g/mol. The van der Waals surface area contributed by atoms with E-state index in [0.29, 0.717) is 12.3 Å². The van der Waals surface area contributed by atoms with Crippen LogP contribution in [0.1, 0.15) is 12.5 Å². The molecule has 1 N–H and O–H groups in total. The molecule has 0 aliphatic carbocycles. The molecule has 6 nitrogen and oxygen atoms in total. The van der Waals surface area contributed by atoms with Crippen molar-refractivity contribution in [1.29, 1.82) is 0 Å². The Hall–Kier alpha value is -2.76. The van der Waals surface area contributed by atoms with E-state index >= 15 is 0 Å². The Morgan fingerprint density at radius 3 is 3.14 bits per heavy atom. The Kier molecular flexibility index (Phi) is 4.09. The molecule has 3 rings (SSSR count). The zero-order valence-electron chi connectivity index (χ0n) is 12.2. The van der Waals surface area contributed by atoms with Crippen molar-refractivity contribution in [3.05, 3.63) is 48.3 Å². The third kappa shape index (κ3) is 3.46. The number of fused-ring (bicyclic) bond motifs is 1. The van der Waals surface area contributed by atoms with Crippen molar-refractivity contribution in [3.63, 3.8) is 0 Å². The quantitative estimate of drug-likeness (QED) is 0.855. The van der Waals surface area contributed by atoms with Crippen molar-refractivity contribution in [1.82, 2.24) is 15.1 Å². The summed E-state index contributed by atoms with van der Waals surface area (Å²) in [5.41, 5.74) is 0.888. The van der Waals surface area contributed by atoms with Gasteiger partial charge in [0.2, 0.25) is 12.7 Å². The first-order chi connectivity index (χ1) is 10.7. The van der Waals surface area contributed by atoms with Crippen LogP contribution in [0, 0.1) is 0 Å². The third-order valence-electron chi connectivity index (χ3n) is 3.23. The maximum Gasteiger partial charge on any atom is 0.244 e. The zero-order valence-corrected chi connectivity index (χ0v) is 12.2. The molecule has 1 amide bonds. The van der Waals surface area contributed by atoms with Gasteiger partial charge < -0.3 is 14.8 Å². The summed E-state index contributed by atoms with van der Waals surface area (Å²) in [7, 11) is 0. The molecule has 0 radical (unpaired) electrons. The molecule has 0 spiro atoms. The number of ether oxygens (including phenoxy) is 2. The maximum absolute atomic E-state index is 11.9. The number of carbonyl (C=O) groups excluding carboxylic acids is 1. The second-order valence-electron chi connectivity index (χ2n) is 5.08. The van der Waals surface area contributed by atoms with Gasteiger partial charge in [0.1, 0.15) is 0 Å². The topological polar surface area (TPSA) is 65.4 Å². The first-order valence-electron chi connectivity index (χ1n) is 7.06. The molecule has 1 aliphatic rings. The van der Waals surface area contributed by atoms with E-state index in [1.54, 1.807) is 17.0 Å². The van der Waals surface area contributed by atoms with Crippen LogP contribution in [0.2, 0.25) is 0 Å². The van der Waals surface area contributed by atoms with E-state index in [0.717, 1.165) is 11.3 Å². The monoisotopic (exact) mass is 299 g/mol. The fourth-order valence-electron chi connectivity index (χ4n) is 2.21. The number of carbonyl (C=O) groups is 1. The minimum absolute atomic E-state index is 0.00574. The van der Waals surface area contributed by atoms with Crippen LogP contribution in [0.4, 0.5) is 0 Å². The highest BCUT2D eigenvalue weighted by molar-refractivity contribution is 5.92. The lowest BCUT2D eigenvalue weighted by Crippen LogP contribution is -2.34. The summed E-state index contributed by atoms with van der Waals surface area (Å²) in [6.45, 7) is 2.82. The number of nitrogens with one attached hydrogen (secondary N) is 1. The zero-order chi connectivity index (χ0) is 15.4. The molecule has 2 heterocycles.